The number of carbonyl (C=O) groups excluding carboxylic acids is 2. The van der Waals surface area contributed by atoms with Gasteiger partial charge < -0.3 is 40.5 Å². The van der Waals surface area contributed by atoms with E-state index >= 15 is 0 Å². The monoisotopic (exact) mass is 1000 g/mol. The Morgan fingerprint density at radius 1 is 0.533 bits per heavy atom. The van der Waals surface area contributed by atoms with Gasteiger partial charge in [-0.25, -0.2) is 19.9 Å². The Morgan fingerprint density at radius 3 is 1.52 bits per heavy atom. The van der Waals surface area contributed by atoms with Crippen LogP contribution in [0.5, 0.6) is 0 Å². The minimum absolute atomic E-state index is 0.0219. The Balaban J connectivity index is 0.000000184. The Kier molecular flexibility index (Phi) is 18.8. The van der Waals surface area contributed by atoms with Crippen molar-refractivity contribution >= 4 is 39.8 Å². The highest BCUT2D eigenvalue weighted by Gasteiger charge is 2.21. The summed E-state index contributed by atoms with van der Waals surface area (Å²) in [5, 5.41) is 10.2. The Hall–Kier alpha value is -8.08. The molecule has 15 heteroatoms. The van der Waals surface area contributed by atoms with E-state index in [0.717, 1.165) is 104 Å². The van der Waals surface area contributed by atoms with Crippen LogP contribution in [0.2, 0.25) is 0 Å². The highest BCUT2D eigenvalue weighted by Crippen LogP contribution is 2.18. The minimum atomic E-state index is -0.0219. The summed E-state index contributed by atoms with van der Waals surface area (Å²) in [6.07, 6.45) is 5.05. The molecule has 4 heterocycles. The number of benzene rings is 6. The molecule has 5 N–H and O–H groups in total. The van der Waals surface area contributed by atoms with E-state index < -0.39 is 0 Å². The zero-order valence-corrected chi connectivity index (χ0v) is 42.4. The molecule has 0 aliphatic carbocycles. The van der Waals surface area contributed by atoms with Crippen LogP contribution in [0.4, 0.5) is 5.95 Å². The first kappa shape index (κ1) is 51.8. The predicted octanol–water partition coefficient (Wildman–Crippen LogP) is 9.00. The summed E-state index contributed by atoms with van der Waals surface area (Å²) in [7, 11) is 0. The normalized spacial score (nSPS) is 12.5. The lowest BCUT2D eigenvalue weighted by Crippen LogP contribution is -2.39. The van der Waals surface area contributed by atoms with E-state index in [4.69, 9.17) is 14.7 Å². The van der Waals surface area contributed by atoms with Crippen molar-refractivity contribution in [2.45, 2.75) is 52.1 Å². The molecule has 0 bridgehead atoms. The van der Waals surface area contributed by atoms with E-state index in [-0.39, 0.29) is 11.8 Å². The van der Waals surface area contributed by atoms with Crippen LogP contribution in [0.3, 0.4) is 0 Å². The number of hydrogen-bond acceptors (Lipinski definition) is 11. The van der Waals surface area contributed by atoms with Crippen LogP contribution in [-0.4, -0.2) is 109 Å². The third kappa shape index (κ3) is 15.7. The first-order valence-electron chi connectivity index (χ1n) is 25.9. The van der Waals surface area contributed by atoms with Crippen LogP contribution in [0.15, 0.2) is 176 Å². The molecule has 2 amide bonds. The van der Waals surface area contributed by atoms with Crippen LogP contribution >= 0.6 is 0 Å². The van der Waals surface area contributed by atoms with Crippen molar-refractivity contribution in [1.82, 2.24) is 55.2 Å². The third-order valence-corrected chi connectivity index (χ3v) is 12.9. The number of aromatic nitrogens is 6. The standard InChI is InChI=1S/C30H31N7O.C30H35N5O2/c38-29(25-12-6-11-24(19-25)21-31-20-23-9-2-1-3-10-23)37(18-8-17-34-30-32-15-7-16-33-30)22-28-35-26-13-4-5-14-27(26)36-28;36-30(26-11-6-10-25(20-26)22-31-21-24-8-2-1-3-9-24)35(15-7-14-34-16-18-37-19-17-34)23-29-32-27-12-4-5-13-28(27)33-29/h1-7,9-16,19,31H,8,17-18,20-22H2,(H,35,36)(H,32,33,34);1-6,8-13,20,31H,7,14-19,21-23H2,(H,32,33). The van der Waals surface area contributed by atoms with Crippen LogP contribution in [0.1, 0.15) is 67.5 Å². The first-order chi connectivity index (χ1) is 37.0. The summed E-state index contributed by atoms with van der Waals surface area (Å²) in [4.78, 5) is 58.2. The van der Waals surface area contributed by atoms with Crippen molar-refractivity contribution in [2.24, 2.45) is 0 Å². The van der Waals surface area contributed by atoms with Gasteiger partial charge in [0.1, 0.15) is 11.6 Å². The summed E-state index contributed by atoms with van der Waals surface area (Å²) in [6, 6.07) is 54.1. The van der Waals surface area contributed by atoms with Crippen molar-refractivity contribution in [3.63, 3.8) is 0 Å². The second-order valence-electron chi connectivity index (χ2n) is 18.6. The van der Waals surface area contributed by atoms with E-state index in [1.54, 1.807) is 18.5 Å². The molecule has 0 spiro atoms. The maximum Gasteiger partial charge on any atom is 0.254 e. The highest BCUT2D eigenvalue weighted by molar-refractivity contribution is 5.95. The van der Waals surface area contributed by atoms with Crippen molar-refractivity contribution < 1.29 is 14.3 Å². The molecule has 384 valence electrons. The number of para-hydroxylation sites is 4. The molecule has 15 nitrogen and oxygen atoms in total. The third-order valence-electron chi connectivity index (χ3n) is 12.9. The number of carbonyl (C=O) groups is 2. The van der Waals surface area contributed by atoms with Crippen molar-refractivity contribution in [3.05, 3.63) is 221 Å². The summed E-state index contributed by atoms with van der Waals surface area (Å²) < 4.78 is 5.47. The van der Waals surface area contributed by atoms with Gasteiger partial charge in [0.05, 0.1) is 48.4 Å². The van der Waals surface area contributed by atoms with Crippen LogP contribution < -0.4 is 16.0 Å². The Labute approximate surface area is 438 Å². The van der Waals surface area contributed by atoms with Gasteiger partial charge in [0.25, 0.3) is 11.8 Å². The molecule has 10 rings (SSSR count). The minimum Gasteiger partial charge on any atom is -0.379 e. The number of imidazole rings is 2. The zero-order chi connectivity index (χ0) is 51.3. The topological polar surface area (TPSA) is 172 Å². The van der Waals surface area contributed by atoms with Gasteiger partial charge in [-0.1, -0.05) is 109 Å². The number of nitrogens with zero attached hydrogens (tertiary/aromatic N) is 7. The lowest BCUT2D eigenvalue weighted by molar-refractivity contribution is 0.0355. The molecular formula is C60H66N12O3. The smallest absolute Gasteiger partial charge is 0.254 e. The fourth-order valence-corrected chi connectivity index (χ4v) is 9.09. The maximum absolute atomic E-state index is 13.7. The number of hydrogen-bond donors (Lipinski definition) is 5. The van der Waals surface area contributed by atoms with E-state index in [2.05, 4.69) is 71.1 Å². The van der Waals surface area contributed by atoms with Gasteiger partial charge in [0, 0.05) is 89.0 Å². The van der Waals surface area contributed by atoms with Crippen LogP contribution in [0, 0.1) is 0 Å². The average molecular weight is 1000 g/mol. The molecular weight excluding hydrogens is 937 g/mol. The number of rotatable bonds is 23. The van der Waals surface area contributed by atoms with Crippen molar-refractivity contribution in [1.29, 1.82) is 0 Å². The molecule has 1 aliphatic heterocycles. The Morgan fingerprint density at radius 2 is 1.00 bits per heavy atom. The first-order valence-corrected chi connectivity index (χ1v) is 25.9. The van der Waals surface area contributed by atoms with Gasteiger partial charge in [-0.3, -0.25) is 14.5 Å². The molecule has 6 aromatic carbocycles. The second-order valence-corrected chi connectivity index (χ2v) is 18.6. The lowest BCUT2D eigenvalue weighted by Gasteiger charge is -2.28. The van der Waals surface area contributed by atoms with E-state index in [9.17, 15) is 9.59 Å². The van der Waals surface area contributed by atoms with Crippen LogP contribution in [0.25, 0.3) is 22.1 Å². The lowest BCUT2D eigenvalue weighted by atomic mass is 10.1. The fourth-order valence-electron chi connectivity index (χ4n) is 9.09. The van der Waals surface area contributed by atoms with Gasteiger partial charge in [-0.05, 0) is 89.7 Å². The summed E-state index contributed by atoms with van der Waals surface area (Å²) in [5.74, 6) is 2.17. The van der Waals surface area contributed by atoms with E-state index in [1.807, 2.05) is 137 Å². The summed E-state index contributed by atoms with van der Waals surface area (Å²) in [6.45, 7) is 10.1. The zero-order valence-electron chi connectivity index (χ0n) is 42.4. The average Bonchev–Trinajstić information content (AvgIpc) is 4.08. The van der Waals surface area contributed by atoms with Crippen molar-refractivity contribution in [2.75, 3.05) is 57.8 Å². The van der Waals surface area contributed by atoms with E-state index in [0.29, 0.717) is 62.9 Å². The summed E-state index contributed by atoms with van der Waals surface area (Å²) in [5.41, 5.74) is 9.78. The second kappa shape index (κ2) is 27.3. The number of aromatic amines is 2. The molecule has 3 aromatic heterocycles. The predicted molar refractivity (Wildman–Crippen MR) is 296 cm³/mol. The molecule has 0 unspecified atom stereocenters. The molecule has 1 aliphatic rings. The molecule has 0 saturated carbocycles. The number of ether oxygens (including phenoxy) is 1. The van der Waals surface area contributed by atoms with Gasteiger partial charge >= 0.3 is 0 Å². The summed E-state index contributed by atoms with van der Waals surface area (Å²) >= 11 is 0. The number of morpholine rings is 1. The van der Waals surface area contributed by atoms with Gasteiger partial charge in [-0.15, -0.1) is 0 Å². The number of fused-ring (bicyclic) bond motifs is 2. The van der Waals surface area contributed by atoms with Crippen LogP contribution in [-0.2, 0) is 44.0 Å². The van der Waals surface area contributed by atoms with Gasteiger partial charge in [0.2, 0.25) is 5.95 Å². The number of nitrogens with one attached hydrogen (secondary N) is 5. The molecule has 75 heavy (non-hydrogen) atoms. The fraction of sp³-hybridized carbons (Fsp3) is 0.267. The van der Waals surface area contributed by atoms with Crippen molar-refractivity contribution in [3.8, 4) is 0 Å². The van der Waals surface area contributed by atoms with Gasteiger partial charge in [-0.2, -0.15) is 0 Å². The molecule has 1 saturated heterocycles. The number of anilines is 1. The molecule has 0 atom stereocenters. The molecule has 1 fully saturated rings. The largest absolute Gasteiger partial charge is 0.379 e. The van der Waals surface area contributed by atoms with E-state index in [1.165, 1.54) is 11.1 Å². The quantitative estimate of drug-likeness (QED) is 0.0388. The molecule has 9 aromatic rings. The maximum atomic E-state index is 13.7. The highest BCUT2D eigenvalue weighted by atomic mass is 16.5. The number of amides is 2. The van der Waals surface area contributed by atoms with Gasteiger partial charge in [0.15, 0.2) is 0 Å². The molecule has 0 radical (unpaired) electrons. The Bertz CT molecular complexity index is 3100. The number of H-pyrrole nitrogens is 2. The SMILES string of the molecule is O=C(c1cccc(CNCc2ccccc2)c1)N(CCCN1CCOCC1)Cc1nc2ccccc2[nH]1.O=C(c1cccc(CNCc2ccccc2)c1)N(CCCNc1ncccn1)Cc1nc2ccccc2[nH]1.